The van der Waals surface area contributed by atoms with E-state index in [0.29, 0.717) is 11.3 Å². The van der Waals surface area contributed by atoms with Gasteiger partial charge in [0.15, 0.2) is 0 Å². The number of hydrogen-bond acceptors (Lipinski definition) is 4. The van der Waals surface area contributed by atoms with Crippen molar-refractivity contribution in [3.8, 4) is 0 Å². The van der Waals surface area contributed by atoms with Gasteiger partial charge in [0.25, 0.3) is 5.91 Å². The fourth-order valence-corrected chi connectivity index (χ4v) is 2.56. The molecule has 0 unspecified atom stereocenters. The number of carbonyl (C=O) groups is 3. The summed E-state index contributed by atoms with van der Waals surface area (Å²) in [6.07, 6.45) is -2.98. The summed E-state index contributed by atoms with van der Waals surface area (Å²) in [4.78, 5) is 34.9. The molecule has 174 valence electrons. The molecule has 0 aliphatic heterocycles. The van der Waals surface area contributed by atoms with Crippen LogP contribution in [0.25, 0.3) is 0 Å². The number of unbranched alkanes of at least 4 members (excludes halogenated alkanes) is 1. The first-order valence-electron chi connectivity index (χ1n) is 9.63. The van der Waals surface area contributed by atoms with Gasteiger partial charge in [0, 0.05) is 24.8 Å². The molecule has 2 aromatic carbocycles. The number of alkyl halides is 3. The number of aryl methyl sites for hydroxylation is 1. The monoisotopic (exact) mass is 454 g/mol. The summed E-state index contributed by atoms with van der Waals surface area (Å²) in [5.74, 6) is -4.14. The van der Waals surface area contributed by atoms with E-state index < -0.39 is 18.1 Å². The minimum atomic E-state index is -5.08. The van der Waals surface area contributed by atoms with Gasteiger partial charge in [0.2, 0.25) is 0 Å². The number of benzene rings is 2. The smallest absolute Gasteiger partial charge is 0.478 e. The van der Waals surface area contributed by atoms with Crippen LogP contribution in [0.1, 0.15) is 46.0 Å². The standard InChI is InChI=1S/C20H24N2O3.C2HF3O2/c1-4-5-11-22(3)16-9-10-18(17(13-16)20(24)25)21-19(23)15-8-6-7-14(2)12-15;3-2(4,5)1(6)7/h6-10,12-13H,4-5,11H2,1-3H3,(H,21,23)(H,24,25);(H,6,7). The summed E-state index contributed by atoms with van der Waals surface area (Å²) in [5.41, 5.74) is 2.67. The maximum absolute atomic E-state index is 12.4. The Balaban J connectivity index is 0.000000633. The molecule has 0 aliphatic rings. The molecule has 0 saturated carbocycles. The lowest BCUT2D eigenvalue weighted by Gasteiger charge is -2.20. The highest BCUT2D eigenvalue weighted by Crippen LogP contribution is 2.24. The molecule has 0 heterocycles. The number of nitrogens with zero attached hydrogens (tertiary/aromatic N) is 1. The van der Waals surface area contributed by atoms with Crippen molar-refractivity contribution in [2.75, 3.05) is 23.8 Å². The number of carbonyl (C=O) groups excluding carboxylic acids is 1. The lowest BCUT2D eigenvalue weighted by Crippen LogP contribution is -2.21. The molecule has 10 heteroatoms. The van der Waals surface area contributed by atoms with E-state index in [1.165, 1.54) is 0 Å². The van der Waals surface area contributed by atoms with E-state index >= 15 is 0 Å². The Morgan fingerprint density at radius 1 is 1.06 bits per heavy atom. The van der Waals surface area contributed by atoms with Crippen LogP contribution >= 0.6 is 0 Å². The molecule has 0 aromatic heterocycles. The maximum Gasteiger partial charge on any atom is 0.490 e. The van der Waals surface area contributed by atoms with Gasteiger partial charge in [-0.05, 0) is 43.7 Å². The first-order chi connectivity index (χ1) is 14.9. The molecule has 1 amide bonds. The Bertz CT molecular complexity index is 961. The molecule has 2 aromatic rings. The van der Waals surface area contributed by atoms with Crippen LogP contribution in [-0.4, -0.2) is 47.8 Å². The van der Waals surface area contributed by atoms with Gasteiger partial charge in [-0.15, -0.1) is 0 Å². The zero-order chi connectivity index (χ0) is 24.5. The summed E-state index contributed by atoms with van der Waals surface area (Å²) in [6.45, 7) is 4.87. The quantitative estimate of drug-likeness (QED) is 0.554. The molecular formula is C22H25F3N2O5. The number of amides is 1. The Hall–Kier alpha value is -3.56. The number of aliphatic carboxylic acids is 1. The third kappa shape index (κ3) is 8.29. The van der Waals surface area contributed by atoms with Crippen LogP contribution in [0.5, 0.6) is 0 Å². The second kappa shape index (κ2) is 11.7. The number of rotatable bonds is 7. The van der Waals surface area contributed by atoms with Crippen molar-refractivity contribution in [2.45, 2.75) is 32.9 Å². The second-order valence-electron chi connectivity index (χ2n) is 6.94. The van der Waals surface area contributed by atoms with Gasteiger partial charge >= 0.3 is 18.1 Å². The highest BCUT2D eigenvalue weighted by atomic mass is 19.4. The Morgan fingerprint density at radius 2 is 1.69 bits per heavy atom. The number of carboxylic acid groups (broad SMARTS) is 2. The van der Waals surface area contributed by atoms with Gasteiger partial charge < -0.3 is 20.4 Å². The SMILES string of the molecule is CCCCN(C)c1ccc(NC(=O)c2cccc(C)c2)c(C(=O)O)c1.O=C(O)C(F)(F)F. The van der Waals surface area contributed by atoms with Crippen LogP contribution in [0.3, 0.4) is 0 Å². The van der Waals surface area contributed by atoms with Crippen LogP contribution in [0.4, 0.5) is 24.5 Å². The zero-order valence-electron chi connectivity index (χ0n) is 17.9. The molecule has 0 aliphatic carbocycles. The average Bonchev–Trinajstić information content (AvgIpc) is 2.71. The van der Waals surface area contributed by atoms with E-state index in [9.17, 15) is 27.9 Å². The molecule has 0 atom stereocenters. The lowest BCUT2D eigenvalue weighted by atomic mass is 10.1. The molecule has 3 N–H and O–H groups in total. The van der Waals surface area contributed by atoms with Crippen LogP contribution in [0.2, 0.25) is 0 Å². The van der Waals surface area contributed by atoms with Gasteiger partial charge in [-0.2, -0.15) is 13.2 Å². The number of nitrogens with one attached hydrogen (secondary N) is 1. The predicted molar refractivity (Wildman–Crippen MR) is 114 cm³/mol. The van der Waals surface area contributed by atoms with Gasteiger partial charge in [-0.25, -0.2) is 9.59 Å². The summed E-state index contributed by atoms with van der Waals surface area (Å²) < 4.78 is 31.7. The molecule has 2 rings (SSSR count). The van der Waals surface area contributed by atoms with Crippen molar-refractivity contribution in [3.63, 3.8) is 0 Å². The maximum atomic E-state index is 12.4. The fraction of sp³-hybridized carbons (Fsp3) is 0.318. The molecule has 32 heavy (non-hydrogen) atoms. The van der Waals surface area contributed by atoms with Gasteiger partial charge in [0.05, 0.1) is 11.3 Å². The number of aromatic carboxylic acids is 1. The minimum absolute atomic E-state index is 0.0850. The largest absolute Gasteiger partial charge is 0.490 e. The van der Waals surface area contributed by atoms with Crippen molar-refractivity contribution in [1.82, 2.24) is 0 Å². The highest BCUT2D eigenvalue weighted by Gasteiger charge is 2.38. The van der Waals surface area contributed by atoms with E-state index in [-0.39, 0.29) is 11.5 Å². The third-order valence-corrected chi connectivity index (χ3v) is 4.29. The van der Waals surface area contributed by atoms with Gasteiger partial charge in [-0.1, -0.05) is 31.0 Å². The summed E-state index contributed by atoms with van der Waals surface area (Å²) >= 11 is 0. The number of hydrogen-bond donors (Lipinski definition) is 3. The van der Waals surface area contributed by atoms with Crippen molar-refractivity contribution >= 4 is 29.2 Å². The van der Waals surface area contributed by atoms with Crippen molar-refractivity contribution in [1.29, 1.82) is 0 Å². The lowest BCUT2D eigenvalue weighted by molar-refractivity contribution is -0.192. The second-order valence-corrected chi connectivity index (χ2v) is 6.94. The molecule has 0 bridgehead atoms. The molecule has 0 fully saturated rings. The highest BCUT2D eigenvalue weighted by molar-refractivity contribution is 6.08. The van der Waals surface area contributed by atoms with Gasteiger partial charge in [-0.3, -0.25) is 4.79 Å². The first-order valence-corrected chi connectivity index (χ1v) is 9.63. The minimum Gasteiger partial charge on any atom is -0.478 e. The van der Waals surface area contributed by atoms with E-state index in [1.54, 1.807) is 30.3 Å². The van der Waals surface area contributed by atoms with Crippen molar-refractivity contribution in [3.05, 3.63) is 59.2 Å². The normalized spacial score (nSPS) is 10.6. The van der Waals surface area contributed by atoms with Crippen LogP contribution < -0.4 is 10.2 Å². The Labute approximate surface area is 183 Å². The van der Waals surface area contributed by atoms with Gasteiger partial charge in [0.1, 0.15) is 0 Å². The van der Waals surface area contributed by atoms with Crippen molar-refractivity contribution < 1.29 is 37.8 Å². The third-order valence-electron chi connectivity index (χ3n) is 4.29. The van der Waals surface area contributed by atoms with Crippen LogP contribution in [0.15, 0.2) is 42.5 Å². The predicted octanol–water partition coefficient (Wildman–Crippen LogP) is 4.82. The summed E-state index contributed by atoms with van der Waals surface area (Å²) in [5, 5.41) is 19.3. The van der Waals surface area contributed by atoms with E-state index in [1.807, 2.05) is 31.0 Å². The first kappa shape index (κ1) is 26.5. The van der Waals surface area contributed by atoms with E-state index in [4.69, 9.17) is 9.90 Å². The van der Waals surface area contributed by atoms with E-state index in [0.717, 1.165) is 30.6 Å². The molecule has 0 radical (unpaired) electrons. The number of carboxylic acids is 2. The topological polar surface area (TPSA) is 107 Å². The summed E-state index contributed by atoms with van der Waals surface area (Å²) in [6, 6.07) is 12.2. The molecule has 0 saturated heterocycles. The molecule has 0 spiro atoms. The summed E-state index contributed by atoms with van der Waals surface area (Å²) in [7, 11) is 1.93. The average molecular weight is 454 g/mol. The van der Waals surface area contributed by atoms with Crippen molar-refractivity contribution in [2.24, 2.45) is 0 Å². The Kier molecular flexibility index (Phi) is 9.70. The molecular weight excluding hydrogens is 429 g/mol. The number of halogens is 3. The van der Waals surface area contributed by atoms with E-state index in [2.05, 4.69) is 12.2 Å². The van der Waals surface area contributed by atoms with Crippen LogP contribution in [0, 0.1) is 6.92 Å². The van der Waals surface area contributed by atoms with Crippen LogP contribution in [-0.2, 0) is 4.79 Å². The fourth-order valence-electron chi connectivity index (χ4n) is 2.56. The Morgan fingerprint density at radius 3 is 2.19 bits per heavy atom. The molecule has 7 nitrogen and oxygen atoms in total. The zero-order valence-corrected chi connectivity index (χ0v) is 17.9. The number of anilines is 2.